The molecule has 0 fully saturated rings. The highest BCUT2D eigenvalue weighted by Crippen LogP contribution is 2.45. The summed E-state index contributed by atoms with van der Waals surface area (Å²) in [6.45, 7) is -8.51. The molecule has 0 spiro atoms. The number of fused-ring (bicyclic) bond motifs is 5. The predicted molar refractivity (Wildman–Crippen MR) is 516 cm³/mol. The van der Waals surface area contributed by atoms with Gasteiger partial charge in [0.2, 0.25) is 29.5 Å². The SMILES string of the molecule is C=C1C=CC(S(=O)(=O)c2ccc(OC(F)F)c(-c3nn(C)cc3NC(=O)c3cnn4cccnc34)c2)=CN1.Cn1cc(NC(=O)c2cnn3cccnc23)c(-c2cc(S(=O)(=O)c3ccn(C)c(=O)c3)ccc2OC(F)F)n1.Cn1cc(NC(=O)c2cnn3cccnc23)c(-c2cc(S(=O)(=O)c3cnn(CCN)c3)ccc2OC(F)F)n1.Cn1cc(NC(=O)c2cnn3cccnc23)c(-c2cc3c(cc2OC(F)F)CCCS3(=O)=O)n1. The van der Waals surface area contributed by atoms with Gasteiger partial charge < -0.3 is 55.8 Å². The number of amides is 4. The van der Waals surface area contributed by atoms with E-state index in [4.69, 9.17) is 10.5 Å². The number of alkyl halides is 8. The monoisotopic (exact) mass is 2140 g/mol. The maximum Gasteiger partial charge on any atom is 0.387 e. The molecule has 14 aromatic heterocycles. The number of halogens is 8. The third-order valence-electron chi connectivity index (χ3n) is 22.3. The van der Waals surface area contributed by atoms with E-state index < -0.39 is 95.0 Å². The van der Waals surface area contributed by atoms with Gasteiger partial charge in [-0.1, -0.05) is 6.58 Å². The number of hydrogen-bond acceptors (Lipinski definition) is 32. The number of dihydropyridines is 1. The number of allylic oxidation sites excluding steroid dienone is 2. The molecule has 20 rings (SSSR count). The number of anilines is 4. The Morgan fingerprint density at radius 2 is 0.793 bits per heavy atom. The molecule has 0 aliphatic carbocycles. The lowest BCUT2D eigenvalue weighted by Gasteiger charge is -2.20. The molecule has 58 heteroatoms. The van der Waals surface area contributed by atoms with Crippen molar-refractivity contribution >= 4 is 108 Å². The number of carbonyl (C=O) groups excluding carboxylic acids is 4. The van der Waals surface area contributed by atoms with Crippen molar-refractivity contribution in [2.45, 2.75) is 75.2 Å². The Hall–Kier alpha value is -18.3. The van der Waals surface area contributed by atoms with Crippen LogP contribution in [0.25, 0.3) is 67.6 Å². The third kappa shape index (κ3) is 22.0. The minimum Gasteiger partial charge on any atom is -0.434 e. The minimum atomic E-state index is -4.24. The highest BCUT2D eigenvalue weighted by Gasteiger charge is 2.35. The molecule has 4 amide bonds. The fraction of sp³-hybridized carbons (Fsp3) is 0.152. The molecule has 2 aliphatic rings. The average Bonchev–Trinajstić information content (AvgIpc) is 1.09. The molecule has 4 aromatic carbocycles. The summed E-state index contributed by atoms with van der Waals surface area (Å²) < 4.78 is 243. The van der Waals surface area contributed by atoms with E-state index in [0.717, 1.165) is 54.6 Å². The second-order valence-corrected chi connectivity index (χ2v) is 40.3. The Kier molecular flexibility index (Phi) is 29.1. The summed E-state index contributed by atoms with van der Waals surface area (Å²) in [4.78, 5) is 79.8. The predicted octanol–water partition coefficient (Wildman–Crippen LogP) is 10.5. The van der Waals surface area contributed by atoms with Crippen molar-refractivity contribution in [3.63, 3.8) is 0 Å². The average molecular weight is 2140 g/mol. The summed E-state index contributed by atoms with van der Waals surface area (Å²) in [7, 11) is -8.32. The molecule has 16 heterocycles. The second-order valence-electron chi connectivity index (χ2n) is 32.3. The third-order valence-corrected chi connectivity index (χ3v) is 29.3. The molecule has 0 saturated carbocycles. The largest absolute Gasteiger partial charge is 0.434 e. The summed E-state index contributed by atoms with van der Waals surface area (Å²) in [5.74, 6) is -3.65. The second kappa shape index (κ2) is 42.4. The normalized spacial score (nSPS) is 12.9. The number of pyridine rings is 1. The van der Waals surface area contributed by atoms with Crippen molar-refractivity contribution in [3.05, 3.63) is 295 Å². The number of nitrogens with two attached hydrogens (primary N) is 1. The first-order valence-corrected chi connectivity index (χ1v) is 49.8. The lowest BCUT2D eigenvalue weighted by Crippen LogP contribution is -2.17. The highest BCUT2D eigenvalue weighted by atomic mass is 32.2. The van der Waals surface area contributed by atoms with Crippen molar-refractivity contribution < 1.29 is 107 Å². The van der Waals surface area contributed by atoms with Gasteiger partial charge in [-0.2, -0.15) is 81.0 Å². The fourth-order valence-electron chi connectivity index (χ4n) is 15.5. The Balaban J connectivity index is 0.000000136. The number of sulfone groups is 4. The maximum atomic E-state index is 13.3. The molecular weight excluding hydrogens is 2060 g/mol. The molecule has 46 nitrogen and oxygen atoms in total. The minimum absolute atomic E-state index is 0.00168. The van der Waals surface area contributed by atoms with Crippen LogP contribution >= 0.6 is 0 Å². The van der Waals surface area contributed by atoms with Crippen molar-refractivity contribution in [3.8, 4) is 68.0 Å². The zero-order chi connectivity index (χ0) is 107. The van der Waals surface area contributed by atoms with Crippen LogP contribution < -0.4 is 56.8 Å². The number of carbonyl (C=O) groups is 4. The Labute approximate surface area is 840 Å². The molecule has 0 atom stereocenters. The number of nitrogens with one attached hydrogen (secondary N) is 5. The number of ether oxygens (including phenoxy) is 4. The van der Waals surface area contributed by atoms with E-state index in [1.807, 2.05) is 0 Å². The van der Waals surface area contributed by atoms with Gasteiger partial charge >= 0.3 is 26.4 Å². The van der Waals surface area contributed by atoms with Crippen LogP contribution in [0.15, 0.2) is 291 Å². The van der Waals surface area contributed by atoms with Gasteiger partial charge in [0.05, 0.1) is 95.4 Å². The van der Waals surface area contributed by atoms with E-state index in [1.165, 1.54) is 196 Å². The van der Waals surface area contributed by atoms with Crippen LogP contribution in [-0.2, 0) is 87.6 Å². The molecule has 0 radical (unpaired) electrons. The zero-order valence-electron chi connectivity index (χ0n) is 78.0. The van der Waals surface area contributed by atoms with E-state index in [0.29, 0.717) is 47.6 Å². The van der Waals surface area contributed by atoms with Crippen molar-refractivity contribution in [1.29, 1.82) is 0 Å². The molecule has 150 heavy (non-hydrogen) atoms. The van der Waals surface area contributed by atoms with Gasteiger partial charge in [-0.05, 0) is 128 Å². The first-order valence-electron chi connectivity index (χ1n) is 43.7. The topological polar surface area (TPSA) is 560 Å². The van der Waals surface area contributed by atoms with Crippen LogP contribution in [0.5, 0.6) is 23.0 Å². The van der Waals surface area contributed by atoms with Crippen molar-refractivity contribution in [2.75, 3.05) is 33.6 Å². The Morgan fingerprint density at radius 3 is 1.15 bits per heavy atom. The number of aryl methyl sites for hydroxylation is 6. The lowest BCUT2D eigenvalue weighted by molar-refractivity contribution is -0.0502. The summed E-state index contributed by atoms with van der Waals surface area (Å²) in [6, 6.07) is 21.5. The molecule has 0 unspecified atom stereocenters. The number of hydrogen-bond donors (Lipinski definition) is 6. The van der Waals surface area contributed by atoms with Crippen molar-refractivity contribution in [1.82, 2.24) is 117 Å². The highest BCUT2D eigenvalue weighted by molar-refractivity contribution is 7.95. The van der Waals surface area contributed by atoms with Crippen molar-refractivity contribution in [2.24, 2.45) is 41.0 Å². The van der Waals surface area contributed by atoms with Crippen LogP contribution in [0, 0.1) is 0 Å². The Morgan fingerprint density at radius 1 is 0.440 bits per heavy atom. The molecule has 0 saturated heterocycles. The molecule has 7 N–H and O–H groups in total. The first-order chi connectivity index (χ1) is 71.6. The van der Waals surface area contributed by atoms with Gasteiger partial charge in [-0.15, -0.1) is 0 Å². The van der Waals surface area contributed by atoms with Gasteiger partial charge in [0.1, 0.15) is 72.9 Å². The van der Waals surface area contributed by atoms with Gasteiger partial charge in [0.25, 0.3) is 29.2 Å². The Bertz CT molecular complexity index is 9000. The number of benzene rings is 4. The number of aromatic nitrogens is 23. The van der Waals surface area contributed by atoms with Gasteiger partial charge in [-0.25, -0.2) is 71.7 Å². The summed E-state index contributed by atoms with van der Waals surface area (Å²) in [6.07, 6.45) is 32.4. The molecule has 2 aliphatic heterocycles. The van der Waals surface area contributed by atoms with E-state index in [2.05, 4.69) is 113 Å². The van der Waals surface area contributed by atoms with E-state index in [1.54, 1.807) is 70.2 Å². The molecule has 18 aromatic rings. The number of nitrogens with zero attached hydrogens (tertiary/aromatic N) is 23. The first kappa shape index (κ1) is 103. The summed E-state index contributed by atoms with van der Waals surface area (Å²) in [5.41, 5.74) is 8.00. The maximum absolute atomic E-state index is 13.3. The molecule has 0 bridgehead atoms. The van der Waals surface area contributed by atoms with Gasteiger partial charge in [0, 0.05) is 169 Å². The molecular formula is C92H77F8N29O17S4. The van der Waals surface area contributed by atoms with E-state index in [-0.39, 0.29) is 165 Å². The van der Waals surface area contributed by atoms with Crippen LogP contribution in [-0.4, -0.2) is 208 Å². The van der Waals surface area contributed by atoms with E-state index in [9.17, 15) is 92.8 Å². The van der Waals surface area contributed by atoms with Crippen LogP contribution in [0.3, 0.4) is 0 Å². The standard InChI is InChI=1S/C24H19F2N7O5S.C24H19F2N7O4S.C23H21F2N9O4S.C21H18F2N6O4S/c1-31-9-6-15(11-20(31)34)39(36,37)14-4-5-19(38-24(25)26)16(10-14)21-18(13-32(2)30-21)29-23(35)17-12-28-33-8-3-7-27-22(17)33;1-14-4-5-16(11-28-14)38(35,36)15-6-7-20(37-24(25)26)17(10-15)21-19(13-32(2)31-21)30-23(34)18-12-29-33-9-3-8-27-22(18)33;1-32-13-18(30-22(35)17-11-29-34-7-2-6-27-21(17)34)20(31-32)16-9-14(3-4-19(16)38-23(24)25)39(36,37)15-10-28-33(12-15)8-5-26;1-28-11-15(26-20(30)14-10-25-29-6-3-5-24-19(14)29)18(27-28)13-9-17-12(4-2-7-34(17,31)32)8-16(13)33-21(22)23/h3-13,24H,1-2H3,(H,29,35);3-13,24,28H,1H2,2H3,(H,30,34);2-4,6-7,9-13,23H,5,8,26H2,1H3,(H,30,35);3,5-6,8-11,21H,2,4,7H2,1H3,(H,26,30). The number of rotatable bonds is 28. The fourth-order valence-corrected chi connectivity index (χ4v) is 20.9. The van der Waals surface area contributed by atoms with Crippen LogP contribution in [0.1, 0.15) is 53.4 Å². The van der Waals surface area contributed by atoms with E-state index >= 15 is 0 Å². The summed E-state index contributed by atoms with van der Waals surface area (Å²) >= 11 is 0. The quantitative estimate of drug-likeness (QED) is 0.0248. The smallest absolute Gasteiger partial charge is 0.387 e. The van der Waals surface area contributed by atoms with Crippen LogP contribution in [0.4, 0.5) is 57.9 Å². The summed E-state index contributed by atoms with van der Waals surface area (Å²) in [5, 5.41) is 50.9. The molecule has 772 valence electrons. The van der Waals surface area contributed by atoms with Crippen LogP contribution in [0.2, 0.25) is 0 Å². The zero-order valence-corrected chi connectivity index (χ0v) is 81.3. The lowest BCUT2D eigenvalue weighted by atomic mass is 10.0. The van der Waals surface area contributed by atoms with Gasteiger partial charge in [0.15, 0.2) is 32.4 Å². The van der Waals surface area contributed by atoms with Gasteiger partial charge in [-0.3, -0.25) is 47.4 Å².